The van der Waals surface area contributed by atoms with Crippen molar-refractivity contribution in [3.8, 4) is 0 Å². The zero-order valence-electron chi connectivity index (χ0n) is 12.7. The predicted octanol–water partition coefficient (Wildman–Crippen LogP) is 4.02. The monoisotopic (exact) mass is 294 g/mol. The minimum Gasteiger partial charge on any atom is -0.441 e. The Balaban J connectivity index is 1.62. The second kappa shape index (κ2) is 6.02. The van der Waals surface area contributed by atoms with E-state index in [0.29, 0.717) is 18.7 Å². The number of hydrogen-bond acceptors (Lipinski definition) is 3. The molecule has 3 rings (SSSR count). The van der Waals surface area contributed by atoms with Crippen molar-refractivity contribution in [1.29, 1.82) is 0 Å². The number of aromatic nitrogens is 1. The first-order chi connectivity index (χ1) is 10.6. The van der Waals surface area contributed by atoms with E-state index in [4.69, 9.17) is 4.42 Å². The fraction of sp³-hybridized carbons (Fsp3) is 0.222. The third kappa shape index (κ3) is 3.17. The Morgan fingerprint density at radius 1 is 1.18 bits per heavy atom. The molecule has 0 radical (unpaired) electrons. The Morgan fingerprint density at radius 3 is 2.77 bits per heavy atom. The summed E-state index contributed by atoms with van der Waals surface area (Å²) < 4.78 is 5.62. The number of nitrogens with one attached hydrogen (secondary N) is 1. The maximum absolute atomic E-state index is 12.1. The molecule has 0 atom stereocenters. The molecule has 2 aromatic carbocycles. The maximum Gasteiger partial charge on any atom is 0.224 e. The van der Waals surface area contributed by atoms with E-state index in [2.05, 4.69) is 16.4 Å². The molecule has 3 aromatic rings. The number of anilines is 1. The fourth-order valence-corrected chi connectivity index (χ4v) is 2.41. The van der Waals surface area contributed by atoms with Crippen LogP contribution in [0.25, 0.3) is 11.1 Å². The highest BCUT2D eigenvalue weighted by molar-refractivity contribution is 5.91. The van der Waals surface area contributed by atoms with Gasteiger partial charge in [-0.15, -0.1) is 0 Å². The van der Waals surface area contributed by atoms with Crippen molar-refractivity contribution < 1.29 is 9.21 Å². The van der Waals surface area contributed by atoms with E-state index >= 15 is 0 Å². The third-order valence-corrected chi connectivity index (χ3v) is 3.56. The molecule has 0 saturated heterocycles. The molecule has 1 heterocycles. The molecule has 0 aliphatic heterocycles. The van der Waals surface area contributed by atoms with Crippen LogP contribution in [0.5, 0.6) is 0 Å². The van der Waals surface area contributed by atoms with Gasteiger partial charge in [0.15, 0.2) is 11.5 Å². The highest BCUT2D eigenvalue weighted by Crippen LogP contribution is 2.18. The van der Waals surface area contributed by atoms with Gasteiger partial charge in [-0.25, -0.2) is 4.98 Å². The summed E-state index contributed by atoms with van der Waals surface area (Å²) in [5, 5.41) is 2.93. The first kappa shape index (κ1) is 14.3. The zero-order valence-corrected chi connectivity index (χ0v) is 12.7. The molecular weight excluding hydrogens is 276 g/mol. The number of carbonyl (C=O) groups is 1. The van der Waals surface area contributed by atoms with Gasteiger partial charge in [-0.3, -0.25) is 4.79 Å². The summed E-state index contributed by atoms with van der Waals surface area (Å²) in [5.74, 6) is 0.561. The largest absolute Gasteiger partial charge is 0.441 e. The summed E-state index contributed by atoms with van der Waals surface area (Å²) in [4.78, 5) is 16.4. The summed E-state index contributed by atoms with van der Waals surface area (Å²) >= 11 is 0. The van der Waals surface area contributed by atoms with Crippen LogP contribution in [0.4, 0.5) is 5.69 Å². The van der Waals surface area contributed by atoms with Crippen LogP contribution in [-0.2, 0) is 11.2 Å². The Labute approximate surface area is 129 Å². The Bertz CT molecular complexity index is 788. The van der Waals surface area contributed by atoms with Crippen LogP contribution in [-0.4, -0.2) is 10.9 Å². The number of aryl methyl sites for hydroxylation is 3. The van der Waals surface area contributed by atoms with Gasteiger partial charge in [0.05, 0.1) is 0 Å². The molecule has 0 bridgehead atoms. The van der Waals surface area contributed by atoms with Gasteiger partial charge >= 0.3 is 0 Å². The number of amides is 1. The lowest BCUT2D eigenvalue weighted by molar-refractivity contribution is -0.116. The third-order valence-electron chi connectivity index (χ3n) is 3.56. The maximum atomic E-state index is 12.1. The number of fused-ring (bicyclic) bond motifs is 1. The zero-order chi connectivity index (χ0) is 15.5. The number of hydrogen-bond donors (Lipinski definition) is 1. The van der Waals surface area contributed by atoms with E-state index in [1.165, 1.54) is 5.56 Å². The molecule has 22 heavy (non-hydrogen) atoms. The van der Waals surface area contributed by atoms with Gasteiger partial charge in [-0.2, -0.15) is 0 Å². The molecule has 1 amide bonds. The van der Waals surface area contributed by atoms with E-state index < -0.39 is 0 Å². The Morgan fingerprint density at radius 2 is 2.00 bits per heavy atom. The van der Waals surface area contributed by atoms with Crippen molar-refractivity contribution in [2.45, 2.75) is 26.7 Å². The van der Waals surface area contributed by atoms with Crippen LogP contribution in [0, 0.1) is 13.8 Å². The number of rotatable bonds is 4. The van der Waals surface area contributed by atoms with Crippen LogP contribution in [0.3, 0.4) is 0 Å². The highest BCUT2D eigenvalue weighted by Gasteiger charge is 2.09. The van der Waals surface area contributed by atoms with Crippen molar-refractivity contribution in [3.63, 3.8) is 0 Å². The molecule has 0 spiro atoms. The number of benzene rings is 2. The second-order valence-corrected chi connectivity index (χ2v) is 5.44. The second-order valence-electron chi connectivity index (χ2n) is 5.44. The van der Waals surface area contributed by atoms with Gasteiger partial charge in [-0.1, -0.05) is 29.8 Å². The van der Waals surface area contributed by atoms with Gasteiger partial charge in [-0.05, 0) is 37.6 Å². The Hall–Kier alpha value is -2.62. The molecule has 0 aliphatic carbocycles. The summed E-state index contributed by atoms with van der Waals surface area (Å²) in [5.41, 5.74) is 4.69. The molecule has 1 aromatic heterocycles. The van der Waals surface area contributed by atoms with Gasteiger partial charge in [0.1, 0.15) is 5.52 Å². The van der Waals surface area contributed by atoms with Crippen molar-refractivity contribution in [2.24, 2.45) is 0 Å². The summed E-state index contributed by atoms with van der Waals surface area (Å²) in [6, 6.07) is 13.6. The van der Waals surface area contributed by atoms with Gasteiger partial charge in [0.25, 0.3) is 0 Å². The van der Waals surface area contributed by atoms with Gasteiger partial charge < -0.3 is 9.73 Å². The molecular formula is C18H18N2O2. The lowest BCUT2D eigenvalue weighted by Crippen LogP contribution is -2.13. The van der Waals surface area contributed by atoms with Crippen molar-refractivity contribution in [1.82, 2.24) is 4.98 Å². The van der Waals surface area contributed by atoms with E-state index in [9.17, 15) is 4.79 Å². The van der Waals surface area contributed by atoms with E-state index in [1.807, 2.05) is 50.2 Å². The number of nitrogens with zero attached hydrogens (tertiary/aromatic N) is 1. The standard InChI is InChI=1S/C18H18N2O2/c1-12-7-8-14(13(2)11-12)19-17(21)9-10-18-20-15-5-3-4-6-16(15)22-18/h3-8,11H,9-10H2,1-2H3,(H,19,21). The first-order valence-electron chi connectivity index (χ1n) is 7.33. The van der Waals surface area contributed by atoms with Crippen LogP contribution in [0.2, 0.25) is 0 Å². The average Bonchev–Trinajstić information content (AvgIpc) is 2.91. The smallest absolute Gasteiger partial charge is 0.224 e. The molecule has 4 heteroatoms. The van der Waals surface area contributed by atoms with Gasteiger partial charge in [0.2, 0.25) is 5.91 Å². The minimum atomic E-state index is -0.0331. The van der Waals surface area contributed by atoms with Crippen LogP contribution in [0.15, 0.2) is 46.9 Å². The minimum absolute atomic E-state index is 0.0331. The molecule has 1 N–H and O–H groups in total. The summed E-state index contributed by atoms with van der Waals surface area (Å²) in [6.45, 7) is 4.02. The number of oxazole rings is 1. The van der Waals surface area contributed by atoms with Crippen molar-refractivity contribution in [3.05, 3.63) is 59.5 Å². The van der Waals surface area contributed by atoms with Crippen LogP contribution < -0.4 is 5.32 Å². The van der Waals surface area contributed by atoms with Crippen molar-refractivity contribution in [2.75, 3.05) is 5.32 Å². The van der Waals surface area contributed by atoms with Crippen molar-refractivity contribution >= 4 is 22.7 Å². The Kier molecular flexibility index (Phi) is 3.92. The van der Waals surface area contributed by atoms with E-state index in [-0.39, 0.29) is 5.91 Å². The first-order valence-corrected chi connectivity index (χ1v) is 7.33. The molecule has 4 nitrogen and oxygen atoms in total. The molecule has 0 unspecified atom stereocenters. The molecule has 0 fully saturated rings. The fourth-order valence-electron chi connectivity index (χ4n) is 2.41. The quantitative estimate of drug-likeness (QED) is 0.790. The van der Waals surface area contributed by atoms with E-state index in [1.54, 1.807) is 0 Å². The average molecular weight is 294 g/mol. The predicted molar refractivity (Wildman–Crippen MR) is 86.9 cm³/mol. The number of para-hydroxylation sites is 2. The highest BCUT2D eigenvalue weighted by atomic mass is 16.3. The lowest BCUT2D eigenvalue weighted by atomic mass is 10.1. The molecule has 112 valence electrons. The summed E-state index contributed by atoms with van der Waals surface area (Å²) in [6.07, 6.45) is 0.839. The van der Waals surface area contributed by atoms with Crippen LogP contribution in [0.1, 0.15) is 23.4 Å². The van der Waals surface area contributed by atoms with Crippen LogP contribution >= 0.6 is 0 Å². The van der Waals surface area contributed by atoms with E-state index in [0.717, 1.165) is 22.4 Å². The van der Waals surface area contributed by atoms with Gasteiger partial charge in [0, 0.05) is 18.5 Å². The molecule has 0 aliphatic rings. The SMILES string of the molecule is Cc1ccc(NC(=O)CCc2nc3ccccc3o2)c(C)c1. The number of carbonyl (C=O) groups excluding carboxylic acids is 1. The summed E-state index contributed by atoms with van der Waals surface area (Å²) in [7, 11) is 0. The topological polar surface area (TPSA) is 55.1 Å². The molecule has 0 saturated carbocycles. The normalized spacial score (nSPS) is 10.8. The lowest BCUT2D eigenvalue weighted by Gasteiger charge is -2.08.